The van der Waals surface area contributed by atoms with Crippen LogP contribution in [-0.4, -0.2) is 63.3 Å². The van der Waals surface area contributed by atoms with E-state index in [0.717, 1.165) is 46.0 Å². The summed E-state index contributed by atoms with van der Waals surface area (Å²) in [6, 6.07) is 87.9. The smallest absolute Gasteiger partial charge is 0.0830 e. The van der Waals surface area contributed by atoms with Gasteiger partial charge in [0, 0.05) is 131 Å². The molecule has 116 heavy (non-hydrogen) atoms. The van der Waals surface area contributed by atoms with Crippen LogP contribution in [-0.2, 0) is 66.9 Å². The predicted octanol–water partition coefficient (Wildman–Crippen LogP) is 24.5. The molecule has 0 atom stereocenters. The average Bonchev–Trinajstić information content (AvgIpc) is 1.58. The number of pyridine rings is 6. The SMILES string of the molecule is CCn1c2c[c-]c(-c3ccc([Si](C)(C)C)cn3)cc2c2ccccc21.C[Si](C)(C)c1ccc(-c2[c-]cc3c(c2)c2ccccc2n3-c2ccccc2)nc1.C[Si](C)(C)c1ccc(-c2[c-]cc3sc4ccccc4c3c2)nc1.[2H]c1[c-]c(-c2ccccn2)c([2H])c([2H])c1[2H].[2H]c1[c-]c(-c2nc([2H])c([2H])c([2H])c2[2H])c([2H])c([2H])c1[2H].[2H]c1nc(-c2[c-]cccc2)c([2H])c([2H])c1[2H].[Ir].[Ir].[Ir]. The number of nitrogens with zero attached hydrogens (tertiary/aromatic N) is 8. The Hall–Kier alpha value is -10.5. The van der Waals surface area contributed by atoms with Gasteiger partial charge in [0.15, 0.2) is 0 Å². The van der Waals surface area contributed by atoms with Crippen molar-refractivity contribution in [2.75, 3.05) is 0 Å². The molecule has 9 heterocycles. The van der Waals surface area contributed by atoms with E-state index >= 15 is 0 Å². The summed E-state index contributed by atoms with van der Waals surface area (Å²) >= 11 is 1.83. The molecule has 0 N–H and O–H groups in total. The van der Waals surface area contributed by atoms with E-state index in [-0.39, 0.29) is 126 Å². The maximum Gasteiger partial charge on any atom is 0.0830 e. The van der Waals surface area contributed by atoms with Crippen molar-refractivity contribution in [2.45, 2.75) is 72.4 Å². The van der Waals surface area contributed by atoms with Gasteiger partial charge in [0.2, 0.25) is 0 Å². The van der Waals surface area contributed by atoms with Crippen molar-refractivity contribution in [3.8, 4) is 73.2 Å². The minimum Gasteiger partial charge on any atom is -0.381 e. The molecule has 0 aliphatic carbocycles. The molecular weight excluding hydrogens is 2020 g/mol. The zero-order chi connectivity index (χ0) is 92.2. The van der Waals surface area contributed by atoms with Crippen molar-refractivity contribution in [1.82, 2.24) is 39.0 Å². The first-order valence-corrected chi connectivity index (χ1v) is 48.3. The third kappa shape index (κ3) is 21.0. The molecule has 0 spiro atoms. The van der Waals surface area contributed by atoms with E-state index in [9.17, 15) is 0 Å². The van der Waals surface area contributed by atoms with E-state index in [2.05, 4.69) is 308 Å². The minimum atomic E-state index is -1.35. The van der Waals surface area contributed by atoms with Gasteiger partial charge in [-0.15, -0.1) is 179 Å². The maximum atomic E-state index is 7.75. The number of rotatable bonds is 11. The molecule has 10 aromatic carbocycles. The van der Waals surface area contributed by atoms with Crippen molar-refractivity contribution in [1.29, 1.82) is 0 Å². The first-order chi connectivity index (χ1) is 61.5. The van der Waals surface area contributed by atoms with Gasteiger partial charge >= 0.3 is 0 Å². The number of hydrogen-bond donors (Lipinski definition) is 0. The Bertz CT molecular complexity index is 7220. The van der Waals surface area contributed by atoms with Crippen LogP contribution >= 0.6 is 11.3 Å². The number of thiophene rings is 1. The summed E-state index contributed by atoms with van der Waals surface area (Å²) in [5.74, 6) is 0. The monoisotopic (exact) mass is 2120 g/mol. The van der Waals surface area contributed by atoms with E-state index in [0.29, 0.717) is 16.8 Å². The second kappa shape index (κ2) is 39.9. The van der Waals surface area contributed by atoms with Crippen LogP contribution in [0.15, 0.2) is 340 Å². The Morgan fingerprint density at radius 3 is 1.32 bits per heavy atom. The fourth-order valence-electron chi connectivity index (χ4n) is 12.7. The Morgan fingerprint density at radius 2 is 0.793 bits per heavy atom. The Balaban J connectivity index is 0.000000154. The van der Waals surface area contributed by atoms with Gasteiger partial charge in [-0.1, -0.05) is 221 Å². The van der Waals surface area contributed by atoms with Crippen LogP contribution in [0.5, 0.6) is 0 Å². The second-order valence-corrected chi connectivity index (χ2v) is 45.7. The van der Waals surface area contributed by atoms with Crippen LogP contribution in [0.4, 0.5) is 0 Å². The quantitative estimate of drug-likeness (QED) is 0.0947. The number of benzene rings is 10. The molecule has 0 amide bonds. The number of aromatic nitrogens is 8. The van der Waals surface area contributed by atoms with E-state index < -0.39 is 72.7 Å². The molecule has 9 aromatic heterocycles. The van der Waals surface area contributed by atoms with E-state index in [1.165, 1.54) is 79.3 Å². The minimum absolute atomic E-state index is 0. The van der Waals surface area contributed by atoms with Crippen LogP contribution in [0, 0.1) is 36.4 Å². The van der Waals surface area contributed by atoms with Gasteiger partial charge < -0.3 is 39.0 Å². The molecule has 19 aromatic rings. The Morgan fingerprint density at radius 1 is 0.336 bits per heavy atom. The fraction of sp³-hybridized carbons (Fsp3) is 0.109. The zero-order valence-corrected chi connectivity index (χ0v) is 76.3. The molecule has 0 unspecified atom stereocenters. The summed E-state index contributed by atoms with van der Waals surface area (Å²) in [7, 11) is -3.96. The first kappa shape index (κ1) is 66.6. The summed E-state index contributed by atoms with van der Waals surface area (Å²) in [4.78, 5) is 25.7. The van der Waals surface area contributed by atoms with E-state index in [4.69, 9.17) is 36.9 Å². The summed E-state index contributed by atoms with van der Waals surface area (Å²) in [5.41, 5.74) is 13.4. The van der Waals surface area contributed by atoms with Crippen LogP contribution in [0.2, 0.25) is 58.9 Å². The molecule has 0 aliphatic heterocycles. The molecule has 0 saturated carbocycles. The topological polar surface area (TPSA) is 87.2 Å². The predicted molar refractivity (Wildman–Crippen MR) is 486 cm³/mol. The molecule has 0 bridgehead atoms. The maximum absolute atomic E-state index is 7.75. The van der Waals surface area contributed by atoms with Crippen LogP contribution in [0.3, 0.4) is 0 Å². The Labute approximate surface area is 752 Å². The molecule has 19 rings (SSSR count). The van der Waals surface area contributed by atoms with E-state index in [1.54, 1.807) is 48.7 Å². The van der Waals surface area contributed by atoms with Crippen molar-refractivity contribution in [3.05, 3.63) is 377 Å². The molecule has 0 aliphatic rings. The standard InChI is InChI=1S/C26H23N2Si.C22H23N2Si.C20H18NSSi.3C11H8N.3Ir/c1-29(2,3)21-14-15-24(27-18-21)19-13-16-26-23(17-19)22-11-7-8-12-25(22)28(26)20-9-5-4-6-10-20;1-5-24-21-9-7-6-8-18(21)19-14-16(10-13-22(19)24)20-12-11-17(15-23-20)25(2,3)4;1-23(2,3)15-9-10-18(21-13-15)14-8-11-20-17(12-14)16-6-4-5-7-19(16)22-20;3*1-2-6-10(7-3-1)11-8-4-5-9-12-11;;;/h4-12,14-18H,1-3H3;6-9,11-15H,5H2,1-4H3;4-7,9-13H,1-3H3;3*1-6,8-9H;;;/q6*-1;;;/i;;;1D,2D,3D,4D,5D,6D,8D,9D;4D,5D,8D,9D;1D,2D,3D,6D;;;. The van der Waals surface area contributed by atoms with Gasteiger partial charge in [-0.25, -0.2) is 0 Å². The largest absolute Gasteiger partial charge is 0.381 e. The number of para-hydroxylation sites is 3. The molecule has 583 valence electrons. The average molecular weight is 2120 g/mol. The molecule has 15 heteroatoms. The van der Waals surface area contributed by atoms with Gasteiger partial charge in [-0.05, 0) is 143 Å². The van der Waals surface area contributed by atoms with Gasteiger partial charge in [-0.3, -0.25) is 0 Å². The summed E-state index contributed by atoms with van der Waals surface area (Å²) in [6.07, 6.45) is 6.91. The number of fused-ring (bicyclic) bond motifs is 9. The van der Waals surface area contributed by atoms with Crippen molar-refractivity contribution in [3.63, 3.8) is 0 Å². The third-order valence-corrected chi connectivity index (χ3v) is 25.9. The molecule has 3 radical (unpaired) electrons. The van der Waals surface area contributed by atoms with Gasteiger partial charge in [0.1, 0.15) is 0 Å². The van der Waals surface area contributed by atoms with Crippen LogP contribution in [0.1, 0.15) is 28.9 Å². The molecule has 0 fully saturated rings. The number of aryl methyl sites for hydroxylation is 1. The number of hydrogen-bond acceptors (Lipinski definition) is 7. The van der Waals surface area contributed by atoms with Gasteiger partial charge in [-0.2, -0.15) is 11.3 Å². The molecule has 0 saturated heterocycles. The van der Waals surface area contributed by atoms with Gasteiger partial charge in [0.25, 0.3) is 0 Å². The third-order valence-electron chi connectivity index (χ3n) is 18.7. The second-order valence-electron chi connectivity index (χ2n) is 29.4. The van der Waals surface area contributed by atoms with Crippen molar-refractivity contribution >= 4 is 115 Å². The summed E-state index contributed by atoms with van der Waals surface area (Å²) < 4.78 is 128. The first-order valence-electron chi connectivity index (χ1n) is 44.9. The van der Waals surface area contributed by atoms with E-state index in [1.807, 2.05) is 23.7 Å². The van der Waals surface area contributed by atoms with Crippen LogP contribution in [0.25, 0.3) is 137 Å². The summed E-state index contributed by atoms with van der Waals surface area (Å²) in [5, 5.41) is 11.8. The zero-order valence-electron chi connectivity index (χ0n) is 81.3. The van der Waals surface area contributed by atoms with Crippen molar-refractivity contribution in [2.24, 2.45) is 0 Å². The van der Waals surface area contributed by atoms with Gasteiger partial charge in [0.05, 0.1) is 35.2 Å². The Kier molecular flexibility index (Phi) is 22.9. The molecule has 8 nitrogen and oxygen atoms in total. The fourth-order valence-corrected chi connectivity index (χ4v) is 16.9. The molecular formula is C101H88Ir3N8SSi3-6. The van der Waals surface area contributed by atoms with Crippen molar-refractivity contribution < 1.29 is 82.2 Å². The van der Waals surface area contributed by atoms with Crippen LogP contribution < -0.4 is 15.6 Å². The normalized spacial score (nSPS) is 12.9. The summed E-state index contributed by atoms with van der Waals surface area (Å²) in [6.45, 7) is 24.3.